The molecule has 0 radical (unpaired) electrons. The molecule has 3 rings (SSSR count). The first-order valence-electron chi connectivity index (χ1n) is 7.15. The second-order valence-corrected chi connectivity index (χ2v) is 5.84. The van der Waals surface area contributed by atoms with Crippen LogP contribution in [0.15, 0.2) is 12.1 Å². The fourth-order valence-electron chi connectivity index (χ4n) is 2.85. The molecule has 2 fully saturated rings. The molecule has 0 bridgehead atoms. The zero-order valence-electron chi connectivity index (χ0n) is 11.4. The van der Waals surface area contributed by atoms with Crippen molar-refractivity contribution in [3.05, 3.63) is 23.5 Å². The molecule has 0 amide bonds. The number of rotatable bonds is 4. The monoisotopic (exact) mass is 245 g/mol. The maximum atomic E-state index is 4.57. The smallest absolute Gasteiger partial charge is 0.0608 e. The second kappa shape index (κ2) is 4.88. The Balaban J connectivity index is 1.59. The molecular weight excluding hydrogens is 222 g/mol. The normalized spacial score (nSPS) is 23.7. The molecule has 3 heteroatoms. The molecule has 1 aromatic rings. The van der Waals surface area contributed by atoms with E-state index in [1.807, 2.05) is 0 Å². The molecule has 1 N–H and O–H groups in total. The molecule has 2 aliphatic rings. The van der Waals surface area contributed by atoms with Crippen molar-refractivity contribution in [1.29, 1.82) is 0 Å². The SMILES string of the molecule is Cc1ccc(N2CCC(CNC3CC3)C2)c(C)n1. The van der Waals surface area contributed by atoms with Crippen LogP contribution in [-0.2, 0) is 0 Å². The van der Waals surface area contributed by atoms with Crippen LogP contribution in [-0.4, -0.2) is 30.7 Å². The van der Waals surface area contributed by atoms with Crippen LogP contribution in [0.2, 0.25) is 0 Å². The van der Waals surface area contributed by atoms with E-state index in [4.69, 9.17) is 0 Å². The fraction of sp³-hybridized carbons (Fsp3) is 0.667. The minimum atomic E-state index is 0.811. The first kappa shape index (κ1) is 12.0. The highest BCUT2D eigenvalue weighted by Gasteiger charge is 2.26. The van der Waals surface area contributed by atoms with Crippen LogP contribution < -0.4 is 10.2 Å². The molecular formula is C15H23N3. The van der Waals surface area contributed by atoms with Crippen molar-refractivity contribution in [3.8, 4) is 0 Å². The van der Waals surface area contributed by atoms with Gasteiger partial charge in [0.15, 0.2) is 0 Å². The molecule has 1 aromatic heterocycles. The van der Waals surface area contributed by atoms with Crippen molar-refractivity contribution < 1.29 is 0 Å². The lowest BCUT2D eigenvalue weighted by Gasteiger charge is -2.20. The summed E-state index contributed by atoms with van der Waals surface area (Å²) in [6.07, 6.45) is 4.09. The van der Waals surface area contributed by atoms with E-state index in [0.29, 0.717) is 0 Å². The Hall–Kier alpha value is -1.09. The number of anilines is 1. The lowest BCUT2D eigenvalue weighted by Crippen LogP contribution is -2.28. The number of nitrogens with one attached hydrogen (secondary N) is 1. The lowest BCUT2D eigenvalue weighted by molar-refractivity contribution is 0.515. The fourth-order valence-corrected chi connectivity index (χ4v) is 2.85. The van der Waals surface area contributed by atoms with Gasteiger partial charge in [-0.1, -0.05) is 0 Å². The minimum Gasteiger partial charge on any atom is -0.370 e. The molecule has 0 aromatic carbocycles. The standard InChI is InChI=1S/C15H23N3/c1-11-3-6-15(12(2)17-11)18-8-7-13(10-18)9-16-14-4-5-14/h3,6,13-14,16H,4-5,7-10H2,1-2H3. The van der Waals surface area contributed by atoms with Crippen molar-refractivity contribution in [1.82, 2.24) is 10.3 Å². The van der Waals surface area contributed by atoms with Crippen molar-refractivity contribution >= 4 is 5.69 Å². The molecule has 1 aliphatic carbocycles. The van der Waals surface area contributed by atoms with Crippen molar-refractivity contribution in [2.45, 2.75) is 39.2 Å². The molecule has 0 spiro atoms. The summed E-state index contributed by atoms with van der Waals surface area (Å²) in [7, 11) is 0. The van der Waals surface area contributed by atoms with Crippen LogP contribution >= 0.6 is 0 Å². The molecule has 3 nitrogen and oxygen atoms in total. The average Bonchev–Trinajstić information content (AvgIpc) is 3.05. The highest BCUT2D eigenvalue weighted by molar-refractivity contribution is 5.51. The summed E-state index contributed by atoms with van der Waals surface area (Å²) in [6.45, 7) is 7.74. The van der Waals surface area contributed by atoms with Gasteiger partial charge >= 0.3 is 0 Å². The highest BCUT2D eigenvalue weighted by Crippen LogP contribution is 2.26. The number of nitrogens with zero attached hydrogens (tertiary/aromatic N) is 2. The topological polar surface area (TPSA) is 28.2 Å². The Morgan fingerprint density at radius 2 is 2.11 bits per heavy atom. The van der Waals surface area contributed by atoms with Crippen molar-refractivity contribution in [2.24, 2.45) is 5.92 Å². The van der Waals surface area contributed by atoms with Crippen LogP contribution in [0, 0.1) is 19.8 Å². The highest BCUT2D eigenvalue weighted by atomic mass is 15.2. The Morgan fingerprint density at radius 1 is 1.28 bits per heavy atom. The number of hydrogen-bond donors (Lipinski definition) is 1. The number of aryl methyl sites for hydroxylation is 2. The van der Waals surface area contributed by atoms with Gasteiger partial charge in [0.05, 0.1) is 11.4 Å². The third-order valence-electron chi connectivity index (χ3n) is 4.10. The molecule has 18 heavy (non-hydrogen) atoms. The Kier molecular flexibility index (Phi) is 3.25. The largest absolute Gasteiger partial charge is 0.370 e. The predicted molar refractivity (Wildman–Crippen MR) is 75.1 cm³/mol. The molecule has 1 unspecified atom stereocenters. The molecule has 98 valence electrons. The van der Waals surface area contributed by atoms with Gasteiger partial charge in [-0.3, -0.25) is 4.98 Å². The quantitative estimate of drug-likeness (QED) is 0.882. The third kappa shape index (κ3) is 2.66. The molecule has 1 aliphatic heterocycles. The van der Waals surface area contributed by atoms with E-state index in [-0.39, 0.29) is 0 Å². The van der Waals surface area contributed by atoms with Gasteiger partial charge in [-0.2, -0.15) is 0 Å². The van der Waals surface area contributed by atoms with Gasteiger partial charge in [0.2, 0.25) is 0 Å². The summed E-state index contributed by atoms with van der Waals surface area (Å²) in [4.78, 5) is 7.07. The van der Waals surface area contributed by atoms with E-state index in [2.05, 4.69) is 41.2 Å². The van der Waals surface area contributed by atoms with Gasteiger partial charge in [0.1, 0.15) is 0 Å². The van der Waals surface area contributed by atoms with Gasteiger partial charge in [0, 0.05) is 24.8 Å². The van der Waals surface area contributed by atoms with Gasteiger partial charge in [-0.25, -0.2) is 0 Å². The molecule has 2 heterocycles. The van der Waals surface area contributed by atoms with E-state index in [9.17, 15) is 0 Å². The van der Waals surface area contributed by atoms with Crippen LogP contribution in [0.1, 0.15) is 30.7 Å². The Morgan fingerprint density at radius 3 is 2.83 bits per heavy atom. The number of pyridine rings is 1. The van der Waals surface area contributed by atoms with E-state index in [1.54, 1.807) is 0 Å². The minimum absolute atomic E-state index is 0.811. The van der Waals surface area contributed by atoms with Crippen LogP contribution in [0.25, 0.3) is 0 Å². The average molecular weight is 245 g/mol. The van der Waals surface area contributed by atoms with Gasteiger partial charge in [-0.15, -0.1) is 0 Å². The summed E-state index contributed by atoms with van der Waals surface area (Å²) in [5.41, 5.74) is 3.61. The first-order valence-corrected chi connectivity index (χ1v) is 7.15. The Bertz CT molecular complexity index is 426. The van der Waals surface area contributed by atoms with E-state index in [0.717, 1.165) is 17.7 Å². The summed E-state index contributed by atoms with van der Waals surface area (Å²) < 4.78 is 0. The van der Waals surface area contributed by atoms with Crippen LogP contribution in [0.4, 0.5) is 5.69 Å². The van der Waals surface area contributed by atoms with E-state index < -0.39 is 0 Å². The summed E-state index contributed by atoms with van der Waals surface area (Å²) in [5.74, 6) is 0.811. The van der Waals surface area contributed by atoms with E-state index >= 15 is 0 Å². The van der Waals surface area contributed by atoms with E-state index in [1.165, 1.54) is 50.3 Å². The molecule has 1 atom stereocenters. The lowest BCUT2D eigenvalue weighted by atomic mass is 10.1. The third-order valence-corrected chi connectivity index (χ3v) is 4.10. The number of hydrogen-bond acceptors (Lipinski definition) is 3. The summed E-state index contributed by atoms with van der Waals surface area (Å²) in [6, 6.07) is 5.19. The van der Waals surface area contributed by atoms with Crippen LogP contribution in [0.3, 0.4) is 0 Å². The van der Waals surface area contributed by atoms with Gasteiger partial charge in [0.25, 0.3) is 0 Å². The zero-order valence-corrected chi connectivity index (χ0v) is 11.4. The summed E-state index contributed by atoms with van der Waals surface area (Å²) >= 11 is 0. The number of aromatic nitrogens is 1. The zero-order chi connectivity index (χ0) is 12.5. The second-order valence-electron chi connectivity index (χ2n) is 5.84. The van der Waals surface area contributed by atoms with Gasteiger partial charge < -0.3 is 10.2 Å². The molecule has 1 saturated heterocycles. The maximum absolute atomic E-state index is 4.57. The van der Waals surface area contributed by atoms with Gasteiger partial charge in [-0.05, 0) is 57.7 Å². The summed E-state index contributed by atoms with van der Waals surface area (Å²) in [5, 5.41) is 3.65. The molecule has 1 saturated carbocycles. The predicted octanol–water partition coefficient (Wildman–Crippen LogP) is 2.28. The van der Waals surface area contributed by atoms with Crippen molar-refractivity contribution in [3.63, 3.8) is 0 Å². The maximum Gasteiger partial charge on any atom is 0.0608 e. The first-order chi connectivity index (χ1) is 8.72. The van der Waals surface area contributed by atoms with Crippen LogP contribution in [0.5, 0.6) is 0 Å². The van der Waals surface area contributed by atoms with Crippen molar-refractivity contribution in [2.75, 3.05) is 24.5 Å². The Labute approximate surface area is 110 Å².